The molecule has 0 N–H and O–H groups in total. The maximum absolute atomic E-state index is 5.11. The van der Waals surface area contributed by atoms with Crippen molar-refractivity contribution in [2.45, 2.75) is 12.8 Å². The fourth-order valence-corrected chi connectivity index (χ4v) is 1.53. The number of hydrogen-bond acceptors (Lipinski definition) is 1. The van der Waals surface area contributed by atoms with E-state index in [1.165, 1.54) is 17.4 Å². The predicted molar refractivity (Wildman–Crippen MR) is 78.5 cm³/mol. The predicted octanol–water partition coefficient (Wildman–Crippen LogP) is 4.23. The molecule has 1 rings (SSSR count). The van der Waals surface area contributed by atoms with Crippen LogP contribution in [0.25, 0.3) is 0 Å². The van der Waals surface area contributed by atoms with Crippen LogP contribution in [-0.2, 0) is 17.6 Å². The van der Waals surface area contributed by atoms with Gasteiger partial charge in [-0.05, 0) is 17.5 Å². The molecule has 18 heavy (non-hydrogen) atoms. The van der Waals surface area contributed by atoms with Crippen molar-refractivity contribution in [1.29, 1.82) is 0 Å². The number of ether oxygens (including phenoxy) is 1. The quantitative estimate of drug-likeness (QED) is 0.375. The molecule has 0 spiro atoms. The second kappa shape index (κ2) is 9.06. The van der Waals surface area contributed by atoms with Crippen molar-refractivity contribution in [2.24, 2.45) is 0 Å². The van der Waals surface area contributed by atoms with Crippen LogP contribution < -0.4 is 0 Å². The molecular formula is C17H20O. The molecule has 0 amide bonds. The van der Waals surface area contributed by atoms with Gasteiger partial charge in [0, 0.05) is 6.42 Å². The summed E-state index contributed by atoms with van der Waals surface area (Å²) in [6.45, 7) is 7.83. The first-order valence-electron chi connectivity index (χ1n) is 6.11. The third-order valence-electron chi connectivity index (χ3n) is 2.50. The van der Waals surface area contributed by atoms with E-state index in [1.807, 2.05) is 18.2 Å². The maximum atomic E-state index is 5.11. The van der Waals surface area contributed by atoms with Crippen LogP contribution in [0.15, 0.2) is 74.1 Å². The van der Waals surface area contributed by atoms with Crippen LogP contribution in [-0.4, -0.2) is 6.61 Å². The van der Waals surface area contributed by atoms with E-state index >= 15 is 0 Å². The lowest BCUT2D eigenvalue weighted by Crippen LogP contribution is -1.93. The van der Waals surface area contributed by atoms with Gasteiger partial charge in [0.1, 0.15) is 0 Å². The SMILES string of the molecule is C=C/C=C\C=C/Cc1ccc(CCOC=C)cc1. The molecule has 0 aliphatic rings. The Morgan fingerprint density at radius 3 is 2.33 bits per heavy atom. The van der Waals surface area contributed by atoms with Crippen LogP contribution in [0.4, 0.5) is 0 Å². The molecule has 0 saturated carbocycles. The Bertz CT molecular complexity index is 410. The van der Waals surface area contributed by atoms with Crippen LogP contribution in [0.2, 0.25) is 0 Å². The van der Waals surface area contributed by atoms with Gasteiger partial charge in [0.05, 0.1) is 12.9 Å². The molecule has 0 fully saturated rings. The highest BCUT2D eigenvalue weighted by Gasteiger charge is 1.93. The first-order valence-corrected chi connectivity index (χ1v) is 6.11. The van der Waals surface area contributed by atoms with Gasteiger partial charge >= 0.3 is 0 Å². The zero-order valence-corrected chi connectivity index (χ0v) is 10.7. The summed E-state index contributed by atoms with van der Waals surface area (Å²) in [5.41, 5.74) is 2.60. The highest BCUT2D eigenvalue weighted by Crippen LogP contribution is 2.06. The molecule has 94 valence electrons. The lowest BCUT2D eigenvalue weighted by atomic mass is 10.1. The van der Waals surface area contributed by atoms with Crippen molar-refractivity contribution in [1.82, 2.24) is 0 Å². The van der Waals surface area contributed by atoms with Crippen molar-refractivity contribution in [3.8, 4) is 0 Å². The van der Waals surface area contributed by atoms with E-state index in [1.54, 1.807) is 6.08 Å². The standard InChI is InChI=1S/C17H20O/c1-3-5-6-7-8-9-16-10-12-17(13-11-16)14-15-18-4-2/h3-8,10-13H,1-2,9,14-15H2/b6-5-,8-7-. The van der Waals surface area contributed by atoms with E-state index in [2.05, 4.69) is 43.5 Å². The Kier molecular flexibility index (Phi) is 7.07. The first-order chi connectivity index (χ1) is 8.86. The summed E-state index contributed by atoms with van der Waals surface area (Å²) in [5.74, 6) is 0. The van der Waals surface area contributed by atoms with Crippen LogP contribution in [0.3, 0.4) is 0 Å². The van der Waals surface area contributed by atoms with Gasteiger partial charge in [-0.3, -0.25) is 0 Å². The molecule has 1 nitrogen and oxygen atoms in total. The highest BCUT2D eigenvalue weighted by atomic mass is 16.5. The molecule has 1 aromatic rings. The second-order valence-corrected chi connectivity index (χ2v) is 3.86. The van der Waals surface area contributed by atoms with Crippen molar-refractivity contribution < 1.29 is 4.74 Å². The number of benzene rings is 1. The number of rotatable bonds is 8. The molecule has 0 unspecified atom stereocenters. The topological polar surface area (TPSA) is 9.23 Å². The summed E-state index contributed by atoms with van der Waals surface area (Å²) in [5, 5.41) is 0. The van der Waals surface area contributed by atoms with E-state index in [4.69, 9.17) is 4.74 Å². The van der Waals surface area contributed by atoms with E-state index in [-0.39, 0.29) is 0 Å². The molecule has 0 atom stereocenters. The van der Waals surface area contributed by atoms with Crippen molar-refractivity contribution in [3.05, 3.63) is 85.2 Å². The molecular weight excluding hydrogens is 220 g/mol. The minimum absolute atomic E-state index is 0.690. The summed E-state index contributed by atoms with van der Waals surface area (Å²) in [6.07, 6.45) is 13.2. The third kappa shape index (κ3) is 5.90. The van der Waals surface area contributed by atoms with Gasteiger partial charge in [-0.1, -0.05) is 67.8 Å². The molecule has 0 bridgehead atoms. The number of hydrogen-bond donors (Lipinski definition) is 0. The van der Waals surface area contributed by atoms with E-state index in [0.717, 1.165) is 12.8 Å². The summed E-state index contributed by atoms with van der Waals surface area (Å²) >= 11 is 0. The normalized spacial score (nSPS) is 10.9. The smallest absolute Gasteiger partial charge is 0.0913 e. The zero-order valence-electron chi connectivity index (χ0n) is 10.7. The van der Waals surface area contributed by atoms with E-state index in [0.29, 0.717) is 6.61 Å². The lowest BCUT2D eigenvalue weighted by molar-refractivity contribution is 0.255. The van der Waals surface area contributed by atoms with Crippen molar-refractivity contribution >= 4 is 0 Å². The summed E-state index contributed by atoms with van der Waals surface area (Å²) in [7, 11) is 0. The fourth-order valence-electron chi connectivity index (χ4n) is 1.53. The summed E-state index contributed by atoms with van der Waals surface area (Å²) in [4.78, 5) is 0. The van der Waals surface area contributed by atoms with Crippen LogP contribution in [0.5, 0.6) is 0 Å². The van der Waals surface area contributed by atoms with Crippen LogP contribution in [0.1, 0.15) is 11.1 Å². The Balaban J connectivity index is 2.39. The van der Waals surface area contributed by atoms with Gasteiger partial charge in [-0.15, -0.1) is 0 Å². The van der Waals surface area contributed by atoms with Crippen molar-refractivity contribution in [2.75, 3.05) is 6.61 Å². The fraction of sp³-hybridized carbons (Fsp3) is 0.176. The highest BCUT2D eigenvalue weighted by molar-refractivity contribution is 5.25. The molecule has 0 heterocycles. The molecule has 1 aromatic carbocycles. The minimum atomic E-state index is 0.690. The average molecular weight is 240 g/mol. The first kappa shape index (κ1) is 14.0. The van der Waals surface area contributed by atoms with Gasteiger partial charge < -0.3 is 4.74 Å². The van der Waals surface area contributed by atoms with Gasteiger partial charge in [-0.25, -0.2) is 0 Å². The Morgan fingerprint density at radius 2 is 1.67 bits per heavy atom. The van der Waals surface area contributed by atoms with Crippen LogP contribution in [0, 0.1) is 0 Å². The minimum Gasteiger partial charge on any atom is -0.501 e. The third-order valence-corrected chi connectivity index (χ3v) is 2.50. The summed E-state index contributed by atoms with van der Waals surface area (Å²) in [6, 6.07) is 8.61. The van der Waals surface area contributed by atoms with Gasteiger partial charge in [0.25, 0.3) is 0 Å². The Hall–Kier alpha value is -2.02. The zero-order chi connectivity index (χ0) is 13.1. The summed E-state index contributed by atoms with van der Waals surface area (Å²) < 4.78 is 5.11. The second-order valence-electron chi connectivity index (χ2n) is 3.86. The average Bonchev–Trinajstić information content (AvgIpc) is 2.40. The molecule has 0 aliphatic heterocycles. The monoisotopic (exact) mass is 240 g/mol. The van der Waals surface area contributed by atoms with Gasteiger partial charge in [0.15, 0.2) is 0 Å². The molecule has 1 heteroatoms. The lowest BCUT2D eigenvalue weighted by Gasteiger charge is -2.02. The van der Waals surface area contributed by atoms with E-state index < -0.39 is 0 Å². The Morgan fingerprint density at radius 1 is 0.944 bits per heavy atom. The molecule has 0 radical (unpaired) electrons. The largest absolute Gasteiger partial charge is 0.501 e. The van der Waals surface area contributed by atoms with E-state index in [9.17, 15) is 0 Å². The molecule has 0 aliphatic carbocycles. The van der Waals surface area contributed by atoms with Gasteiger partial charge in [-0.2, -0.15) is 0 Å². The van der Waals surface area contributed by atoms with Crippen molar-refractivity contribution in [3.63, 3.8) is 0 Å². The molecule has 0 aromatic heterocycles. The number of allylic oxidation sites excluding steroid dienone is 5. The van der Waals surface area contributed by atoms with Crippen LogP contribution >= 0.6 is 0 Å². The Labute approximate surface area is 110 Å². The van der Waals surface area contributed by atoms with Gasteiger partial charge in [0.2, 0.25) is 0 Å². The maximum Gasteiger partial charge on any atom is 0.0913 e. The molecule has 0 saturated heterocycles.